The molecule has 0 saturated heterocycles. The van der Waals surface area contributed by atoms with Gasteiger partial charge in [0.1, 0.15) is 12.6 Å². The lowest BCUT2D eigenvalue weighted by Crippen LogP contribution is -2.56. The largest absolute Gasteiger partial charge is 0.350 e. The minimum absolute atomic E-state index is 0.0775. The van der Waals surface area contributed by atoms with Gasteiger partial charge in [-0.1, -0.05) is 102 Å². The molecule has 47 heavy (non-hydrogen) atoms. The Bertz CT molecular complexity index is 1770. The molecule has 0 aliphatic carbocycles. The fraction of sp³-hybridized carbons (Fsp3) is 0.316. The molecule has 2 amide bonds. The number of anilines is 1. The monoisotopic (exact) mass is 717 g/mol. The lowest BCUT2D eigenvalue weighted by molar-refractivity contribution is -0.140. The van der Waals surface area contributed by atoms with Crippen LogP contribution in [0.5, 0.6) is 0 Å². The van der Waals surface area contributed by atoms with Crippen LogP contribution >= 0.6 is 15.9 Å². The van der Waals surface area contributed by atoms with Crippen molar-refractivity contribution >= 4 is 43.5 Å². The fourth-order valence-corrected chi connectivity index (χ4v) is 7.09. The van der Waals surface area contributed by atoms with E-state index in [9.17, 15) is 18.0 Å². The highest BCUT2D eigenvalue weighted by atomic mass is 79.9. The van der Waals surface area contributed by atoms with Gasteiger partial charge < -0.3 is 10.2 Å². The summed E-state index contributed by atoms with van der Waals surface area (Å²) in [6.45, 7) is 11.3. The number of nitrogens with one attached hydrogen (secondary N) is 1. The number of carbonyl (C=O) groups is 2. The predicted molar refractivity (Wildman–Crippen MR) is 193 cm³/mol. The Morgan fingerprint density at radius 2 is 1.45 bits per heavy atom. The summed E-state index contributed by atoms with van der Waals surface area (Å²) < 4.78 is 30.5. The number of carbonyl (C=O) groups excluding carboxylic acids is 2. The highest BCUT2D eigenvalue weighted by Crippen LogP contribution is 2.27. The molecule has 0 aliphatic rings. The van der Waals surface area contributed by atoms with Gasteiger partial charge in [0, 0.05) is 23.0 Å². The van der Waals surface area contributed by atoms with E-state index in [1.165, 1.54) is 4.90 Å². The number of amides is 2. The quantitative estimate of drug-likeness (QED) is 0.163. The molecule has 248 valence electrons. The topological polar surface area (TPSA) is 86.8 Å². The molecule has 0 spiro atoms. The maximum atomic E-state index is 14.7. The summed E-state index contributed by atoms with van der Waals surface area (Å²) in [5.41, 5.74) is 3.44. The van der Waals surface area contributed by atoms with E-state index < -0.39 is 34.1 Å². The molecule has 0 aliphatic heterocycles. The summed E-state index contributed by atoms with van der Waals surface area (Å²) >= 11 is 3.52. The first-order valence-corrected chi connectivity index (χ1v) is 18.0. The first-order chi connectivity index (χ1) is 22.1. The van der Waals surface area contributed by atoms with Crippen molar-refractivity contribution in [2.45, 2.75) is 76.9 Å². The molecule has 0 heterocycles. The summed E-state index contributed by atoms with van der Waals surface area (Å²) in [5, 5.41) is 3.06. The molecule has 0 radical (unpaired) electrons. The van der Waals surface area contributed by atoms with E-state index in [-0.39, 0.29) is 29.7 Å². The molecule has 1 atom stereocenters. The minimum atomic E-state index is -4.17. The standard InChI is InChI=1S/C38H44BrN3O4S/c1-27(2)31-17-19-33(20-18-31)42(47(45,46)34-21-15-28(3)16-22-34)26-36(43)41(25-30-13-10-14-32(39)23-30)35(37(44)40-38(4,5)6)24-29-11-8-7-9-12-29/h7-23,27,35H,24-26H2,1-6H3,(H,40,44)/t35-/m1/s1. The Balaban J connectivity index is 1.83. The van der Waals surface area contributed by atoms with Crippen LogP contribution in [0.25, 0.3) is 0 Å². The van der Waals surface area contributed by atoms with Gasteiger partial charge in [0.25, 0.3) is 10.0 Å². The number of aryl methyl sites for hydroxylation is 1. The number of halogens is 1. The first kappa shape index (κ1) is 35.9. The third-order valence-corrected chi connectivity index (χ3v) is 10.0. The highest BCUT2D eigenvalue weighted by Gasteiger charge is 2.35. The molecule has 4 aromatic rings. The van der Waals surface area contributed by atoms with E-state index in [1.807, 2.05) is 94.4 Å². The van der Waals surface area contributed by atoms with E-state index in [4.69, 9.17) is 0 Å². The Labute approximate surface area is 288 Å². The van der Waals surface area contributed by atoms with E-state index in [1.54, 1.807) is 36.4 Å². The second-order valence-electron chi connectivity index (χ2n) is 13.2. The second-order valence-corrected chi connectivity index (χ2v) is 15.9. The van der Waals surface area contributed by atoms with Gasteiger partial charge in [-0.25, -0.2) is 8.42 Å². The first-order valence-electron chi connectivity index (χ1n) is 15.7. The molecule has 1 N–H and O–H groups in total. The summed E-state index contributed by atoms with van der Waals surface area (Å²) in [6.07, 6.45) is 0.246. The van der Waals surface area contributed by atoms with Crippen LogP contribution in [-0.2, 0) is 32.6 Å². The summed E-state index contributed by atoms with van der Waals surface area (Å²) in [6, 6.07) is 30.0. The summed E-state index contributed by atoms with van der Waals surface area (Å²) in [4.78, 5) is 30.3. The molecule has 0 aromatic heterocycles. The Morgan fingerprint density at radius 3 is 2.02 bits per heavy atom. The van der Waals surface area contributed by atoms with Crippen molar-refractivity contribution in [3.05, 3.63) is 130 Å². The van der Waals surface area contributed by atoms with Gasteiger partial charge in [0.2, 0.25) is 11.8 Å². The van der Waals surface area contributed by atoms with Crippen LogP contribution in [0.3, 0.4) is 0 Å². The number of hydrogen-bond donors (Lipinski definition) is 1. The van der Waals surface area contributed by atoms with Crippen LogP contribution in [0.1, 0.15) is 62.8 Å². The summed E-state index contributed by atoms with van der Waals surface area (Å²) in [7, 11) is -4.17. The van der Waals surface area contributed by atoms with Crippen molar-refractivity contribution in [2.75, 3.05) is 10.8 Å². The molecule has 7 nitrogen and oxygen atoms in total. The summed E-state index contributed by atoms with van der Waals surface area (Å²) in [5.74, 6) is -0.578. The lowest BCUT2D eigenvalue weighted by atomic mass is 10.0. The van der Waals surface area contributed by atoms with Crippen molar-refractivity contribution in [3.8, 4) is 0 Å². The highest BCUT2D eigenvalue weighted by molar-refractivity contribution is 9.10. The van der Waals surface area contributed by atoms with Crippen LogP contribution in [0, 0.1) is 6.92 Å². The molecule has 4 aromatic carbocycles. The van der Waals surface area contributed by atoms with Gasteiger partial charge in [0.15, 0.2) is 0 Å². The molecule has 0 fully saturated rings. The number of benzene rings is 4. The number of hydrogen-bond acceptors (Lipinski definition) is 4. The third kappa shape index (κ3) is 9.78. The van der Waals surface area contributed by atoms with E-state index in [0.717, 1.165) is 31.0 Å². The van der Waals surface area contributed by atoms with Crippen molar-refractivity contribution in [1.29, 1.82) is 0 Å². The third-order valence-electron chi connectivity index (χ3n) is 7.75. The lowest BCUT2D eigenvalue weighted by Gasteiger charge is -2.35. The molecular weight excluding hydrogens is 674 g/mol. The molecule has 9 heteroatoms. The van der Waals surface area contributed by atoms with Crippen molar-refractivity contribution < 1.29 is 18.0 Å². The maximum Gasteiger partial charge on any atom is 0.264 e. The van der Waals surface area contributed by atoms with Crippen LogP contribution in [0.15, 0.2) is 112 Å². The zero-order chi connectivity index (χ0) is 34.4. The SMILES string of the molecule is Cc1ccc(S(=O)(=O)N(CC(=O)N(Cc2cccc(Br)c2)[C@H](Cc2ccccc2)C(=O)NC(C)(C)C)c2ccc(C(C)C)cc2)cc1. The minimum Gasteiger partial charge on any atom is -0.350 e. The van der Waals surface area contributed by atoms with Crippen LogP contribution in [-0.4, -0.2) is 43.3 Å². The second kappa shape index (κ2) is 15.3. The van der Waals surface area contributed by atoms with Crippen LogP contribution in [0.2, 0.25) is 0 Å². The smallest absolute Gasteiger partial charge is 0.264 e. The number of sulfonamides is 1. The van der Waals surface area contributed by atoms with Crippen molar-refractivity contribution in [2.24, 2.45) is 0 Å². The molecule has 4 rings (SSSR count). The van der Waals surface area contributed by atoms with Gasteiger partial charge in [-0.05, 0) is 86.7 Å². The Hall–Kier alpha value is -3.95. The van der Waals surface area contributed by atoms with E-state index in [2.05, 4.69) is 35.1 Å². The van der Waals surface area contributed by atoms with Gasteiger partial charge in [-0.3, -0.25) is 13.9 Å². The van der Waals surface area contributed by atoms with Gasteiger partial charge in [-0.15, -0.1) is 0 Å². The van der Waals surface area contributed by atoms with Gasteiger partial charge >= 0.3 is 0 Å². The Morgan fingerprint density at radius 1 is 0.830 bits per heavy atom. The molecular formula is C38H44BrN3O4S. The Kier molecular flexibility index (Phi) is 11.7. The van der Waals surface area contributed by atoms with E-state index in [0.29, 0.717) is 5.69 Å². The van der Waals surface area contributed by atoms with Gasteiger partial charge in [-0.2, -0.15) is 0 Å². The van der Waals surface area contributed by atoms with Crippen LogP contribution < -0.4 is 9.62 Å². The van der Waals surface area contributed by atoms with Gasteiger partial charge in [0.05, 0.1) is 10.6 Å². The zero-order valence-electron chi connectivity index (χ0n) is 27.9. The van der Waals surface area contributed by atoms with Crippen molar-refractivity contribution in [1.82, 2.24) is 10.2 Å². The number of nitrogens with zero attached hydrogens (tertiary/aromatic N) is 2. The zero-order valence-corrected chi connectivity index (χ0v) is 30.3. The molecule has 0 bridgehead atoms. The van der Waals surface area contributed by atoms with Crippen LogP contribution in [0.4, 0.5) is 5.69 Å². The van der Waals surface area contributed by atoms with E-state index >= 15 is 0 Å². The molecule has 0 saturated carbocycles. The average molecular weight is 719 g/mol. The molecule has 0 unspecified atom stereocenters. The predicted octanol–water partition coefficient (Wildman–Crippen LogP) is 7.63. The maximum absolute atomic E-state index is 14.7. The fourth-order valence-electron chi connectivity index (χ4n) is 5.23. The average Bonchev–Trinajstić information content (AvgIpc) is 3.01. The van der Waals surface area contributed by atoms with Crippen molar-refractivity contribution in [3.63, 3.8) is 0 Å². The number of rotatable bonds is 12. The normalized spacial score (nSPS) is 12.4.